The van der Waals surface area contributed by atoms with E-state index < -0.39 is 0 Å². The van der Waals surface area contributed by atoms with Gasteiger partial charge in [-0.25, -0.2) is 0 Å². The lowest BCUT2D eigenvalue weighted by Gasteiger charge is -2.27. The Morgan fingerprint density at radius 3 is 2.46 bits per heavy atom. The molecule has 1 rings (SSSR count). The molecule has 0 unspecified atom stereocenters. The molecule has 0 aliphatic heterocycles. The molecule has 0 atom stereocenters. The van der Waals surface area contributed by atoms with Gasteiger partial charge in [0.05, 0.1) is 12.5 Å². The third kappa shape index (κ3) is 3.55. The summed E-state index contributed by atoms with van der Waals surface area (Å²) in [7, 11) is 0.418. The molecule has 0 aromatic rings. The van der Waals surface area contributed by atoms with Crippen LogP contribution in [0.2, 0.25) is 0 Å². The van der Waals surface area contributed by atoms with E-state index in [9.17, 15) is 4.79 Å². The number of carbonyl (C=O) groups excluding carboxylic acids is 1. The average molecular weight is 199 g/mol. The van der Waals surface area contributed by atoms with Crippen molar-refractivity contribution in [1.29, 1.82) is 0 Å². The van der Waals surface area contributed by atoms with Crippen LogP contribution in [-0.2, 0) is 15.7 Å². The third-order valence-electron chi connectivity index (χ3n) is 2.20. The standard InChI is InChI=1S/C11H19OS/c1-11(2)6-9(8-13(3)4)5-10(12)7-11/h5H,6-8H2,1-4H3/q+1. The first-order valence-corrected chi connectivity index (χ1v) is 6.86. The van der Waals surface area contributed by atoms with Crippen LogP contribution in [-0.4, -0.2) is 24.0 Å². The Hall–Kier alpha value is -0.240. The van der Waals surface area contributed by atoms with E-state index in [0.29, 0.717) is 16.7 Å². The highest BCUT2D eigenvalue weighted by atomic mass is 32.2. The van der Waals surface area contributed by atoms with Crippen molar-refractivity contribution in [3.63, 3.8) is 0 Å². The lowest BCUT2D eigenvalue weighted by Crippen LogP contribution is -2.24. The molecule has 0 amide bonds. The molecule has 0 saturated carbocycles. The average Bonchev–Trinajstić information content (AvgIpc) is 1.78. The van der Waals surface area contributed by atoms with Crippen LogP contribution in [0.1, 0.15) is 26.7 Å². The van der Waals surface area contributed by atoms with E-state index in [0.717, 1.165) is 18.6 Å². The van der Waals surface area contributed by atoms with Crippen LogP contribution in [0.5, 0.6) is 0 Å². The molecule has 0 saturated heterocycles. The van der Waals surface area contributed by atoms with Crippen molar-refractivity contribution in [3.8, 4) is 0 Å². The summed E-state index contributed by atoms with van der Waals surface area (Å²) in [4.78, 5) is 11.4. The molecule has 0 bridgehead atoms. The normalized spacial score (nSPS) is 21.9. The summed E-state index contributed by atoms with van der Waals surface area (Å²) in [6, 6.07) is 0. The number of allylic oxidation sites excluding steroid dienone is 1. The maximum absolute atomic E-state index is 11.4. The SMILES string of the molecule is C[S+](C)CC1=CC(=O)CC(C)(C)C1. The summed E-state index contributed by atoms with van der Waals surface area (Å²) in [5.41, 5.74) is 1.55. The zero-order chi connectivity index (χ0) is 10.1. The molecule has 2 heteroatoms. The molecule has 13 heavy (non-hydrogen) atoms. The Labute approximate surface area is 83.9 Å². The first kappa shape index (κ1) is 10.8. The van der Waals surface area contributed by atoms with Gasteiger partial charge in [-0.15, -0.1) is 0 Å². The first-order chi connectivity index (χ1) is 5.89. The van der Waals surface area contributed by atoms with Gasteiger partial charge in [-0.3, -0.25) is 4.79 Å². The van der Waals surface area contributed by atoms with E-state index >= 15 is 0 Å². The van der Waals surface area contributed by atoms with Gasteiger partial charge in [-0.1, -0.05) is 13.8 Å². The minimum absolute atomic E-state index is 0.195. The smallest absolute Gasteiger partial charge is 0.156 e. The molecule has 1 aliphatic carbocycles. The number of carbonyl (C=O) groups is 1. The molecular formula is C11H19OS+. The predicted octanol–water partition coefficient (Wildman–Crippen LogP) is 2.18. The van der Waals surface area contributed by atoms with Crippen molar-refractivity contribution >= 4 is 16.7 Å². The van der Waals surface area contributed by atoms with E-state index in [1.807, 2.05) is 6.08 Å². The van der Waals surface area contributed by atoms with Gasteiger partial charge in [0.1, 0.15) is 5.75 Å². The largest absolute Gasteiger partial charge is 0.295 e. The highest BCUT2D eigenvalue weighted by Gasteiger charge is 2.28. The molecule has 0 radical (unpaired) electrons. The number of hydrogen-bond donors (Lipinski definition) is 0. The van der Waals surface area contributed by atoms with E-state index in [1.54, 1.807) is 0 Å². The zero-order valence-electron chi connectivity index (χ0n) is 9.02. The van der Waals surface area contributed by atoms with Gasteiger partial charge in [0.2, 0.25) is 0 Å². The summed E-state index contributed by atoms with van der Waals surface area (Å²) < 4.78 is 0. The molecular weight excluding hydrogens is 180 g/mol. The molecule has 74 valence electrons. The lowest BCUT2D eigenvalue weighted by atomic mass is 9.77. The number of hydrogen-bond acceptors (Lipinski definition) is 1. The van der Waals surface area contributed by atoms with Crippen molar-refractivity contribution in [3.05, 3.63) is 11.6 Å². The van der Waals surface area contributed by atoms with Crippen LogP contribution < -0.4 is 0 Å². The fourth-order valence-corrected chi connectivity index (χ4v) is 2.87. The summed E-state index contributed by atoms with van der Waals surface area (Å²) >= 11 is 0. The Morgan fingerprint density at radius 2 is 2.00 bits per heavy atom. The van der Waals surface area contributed by atoms with Crippen LogP contribution in [0.3, 0.4) is 0 Å². The minimum Gasteiger partial charge on any atom is -0.295 e. The van der Waals surface area contributed by atoms with Gasteiger partial charge in [-0.2, -0.15) is 0 Å². The Kier molecular flexibility index (Phi) is 3.23. The van der Waals surface area contributed by atoms with Crippen LogP contribution in [0.15, 0.2) is 11.6 Å². The van der Waals surface area contributed by atoms with Crippen molar-refractivity contribution in [1.82, 2.24) is 0 Å². The molecule has 0 heterocycles. The second kappa shape index (κ2) is 3.87. The molecule has 1 aliphatic rings. The molecule has 0 fully saturated rings. The van der Waals surface area contributed by atoms with E-state index in [-0.39, 0.29) is 5.41 Å². The lowest BCUT2D eigenvalue weighted by molar-refractivity contribution is -0.117. The summed E-state index contributed by atoms with van der Waals surface area (Å²) in [5, 5.41) is 0. The second-order valence-electron chi connectivity index (χ2n) is 4.92. The third-order valence-corrected chi connectivity index (χ3v) is 3.15. The summed E-state index contributed by atoms with van der Waals surface area (Å²) in [5.74, 6) is 1.42. The maximum atomic E-state index is 11.4. The van der Waals surface area contributed by atoms with E-state index in [2.05, 4.69) is 26.4 Å². The topological polar surface area (TPSA) is 17.1 Å². The van der Waals surface area contributed by atoms with E-state index in [1.165, 1.54) is 5.57 Å². The quantitative estimate of drug-likeness (QED) is 0.623. The van der Waals surface area contributed by atoms with Gasteiger partial charge >= 0.3 is 0 Å². The number of ketones is 1. The zero-order valence-corrected chi connectivity index (χ0v) is 9.83. The van der Waals surface area contributed by atoms with Crippen LogP contribution in [0, 0.1) is 5.41 Å². The van der Waals surface area contributed by atoms with Crippen LogP contribution >= 0.6 is 0 Å². The Morgan fingerprint density at radius 1 is 1.38 bits per heavy atom. The van der Waals surface area contributed by atoms with Crippen molar-refractivity contribution < 1.29 is 4.79 Å². The van der Waals surface area contributed by atoms with E-state index in [4.69, 9.17) is 0 Å². The second-order valence-corrected chi connectivity index (χ2v) is 7.18. The highest BCUT2D eigenvalue weighted by molar-refractivity contribution is 7.95. The number of rotatable bonds is 2. The van der Waals surface area contributed by atoms with Gasteiger partial charge in [0, 0.05) is 6.42 Å². The monoisotopic (exact) mass is 199 g/mol. The Bertz CT molecular complexity index is 238. The van der Waals surface area contributed by atoms with Crippen molar-refractivity contribution in [2.75, 3.05) is 18.3 Å². The molecule has 1 nitrogen and oxygen atoms in total. The molecule has 0 aromatic carbocycles. The molecule has 0 aromatic heterocycles. The van der Waals surface area contributed by atoms with Gasteiger partial charge in [-0.05, 0) is 34.4 Å². The molecule has 0 N–H and O–H groups in total. The van der Waals surface area contributed by atoms with Gasteiger partial charge in [0.25, 0.3) is 0 Å². The van der Waals surface area contributed by atoms with Gasteiger partial charge in [0.15, 0.2) is 5.78 Å². The molecule has 0 spiro atoms. The van der Waals surface area contributed by atoms with Crippen molar-refractivity contribution in [2.45, 2.75) is 26.7 Å². The fraction of sp³-hybridized carbons (Fsp3) is 0.727. The summed E-state index contributed by atoms with van der Waals surface area (Å²) in [6.45, 7) is 4.36. The Balaban J connectivity index is 2.70. The van der Waals surface area contributed by atoms with Gasteiger partial charge < -0.3 is 0 Å². The highest BCUT2D eigenvalue weighted by Crippen LogP contribution is 2.33. The van der Waals surface area contributed by atoms with Crippen molar-refractivity contribution in [2.24, 2.45) is 5.41 Å². The first-order valence-electron chi connectivity index (χ1n) is 4.65. The summed E-state index contributed by atoms with van der Waals surface area (Å²) in [6.07, 6.45) is 8.15. The minimum atomic E-state index is 0.195. The maximum Gasteiger partial charge on any atom is 0.156 e. The predicted molar refractivity (Wildman–Crippen MR) is 60.2 cm³/mol. The fourth-order valence-electron chi connectivity index (χ4n) is 1.94. The van der Waals surface area contributed by atoms with Crippen LogP contribution in [0.25, 0.3) is 0 Å². The van der Waals surface area contributed by atoms with Crippen LogP contribution in [0.4, 0.5) is 0 Å².